The predicted octanol–water partition coefficient (Wildman–Crippen LogP) is 2.36. The first-order valence-corrected chi connectivity index (χ1v) is 6.60. The number of benzene rings is 1. The van der Waals surface area contributed by atoms with Crippen LogP contribution in [0, 0.1) is 5.92 Å². The summed E-state index contributed by atoms with van der Waals surface area (Å²) in [7, 11) is 0. The van der Waals surface area contributed by atoms with Gasteiger partial charge in [-0.3, -0.25) is 4.79 Å². The molecule has 1 aliphatic carbocycles. The fraction of sp³-hybridized carbons (Fsp3) is 0.500. The van der Waals surface area contributed by atoms with Crippen molar-refractivity contribution < 1.29 is 4.79 Å². The third-order valence-electron chi connectivity index (χ3n) is 3.65. The molecule has 1 aromatic rings. The molecule has 0 atom stereocenters. The molecule has 0 saturated heterocycles. The van der Waals surface area contributed by atoms with Crippen LogP contribution in [-0.4, -0.2) is 12.5 Å². The molecule has 1 amide bonds. The zero-order valence-electron chi connectivity index (χ0n) is 10.6. The second-order valence-electron chi connectivity index (χ2n) is 5.04. The van der Waals surface area contributed by atoms with E-state index in [1.165, 1.54) is 25.7 Å². The van der Waals surface area contributed by atoms with Gasteiger partial charge in [-0.05, 0) is 30.5 Å². The number of nitrogens with one attached hydrogen (secondary N) is 1. The minimum Gasteiger partial charge on any atom is -0.399 e. The maximum absolute atomic E-state index is 11.3. The largest absolute Gasteiger partial charge is 0.399 e. The van der Waals surface area contributed by atoms with E-state index in [2.05, 4.69) is 5.32 Å². The Kier molecular flexibility index (Phi) is 4.07. The highest BCUT2D eigenvalue weighted by atomic mass is 16.1. The van der Waals surface area contributed by atoms with E-state index in [0.29, 0.717) is 11.3 Å². The van der Waals surface area contributed by atoms with Crippen LogP contribution in [-0.2, 0) is 0 Å². The highest BCUT2D eigenvalue weighted by Crippen LogP contribution is 2.27. The molecule has 0 bridgehead atoms. The summed E-state index contributed by atoms with van der Waals surface area (Å²) in [5.41, 5.74) is 13.0. The van der Waals surface area contributed by atoms with Crippen LogP contribution in [0.4, 0.5) is 11.4 Å². The number of rotatable bonds is 5. The molecule has 1 aliphatic rings. The summed E-state index contributed by atoms with van der Waals surface area (Å²) in [5, 5.41) is 3.28. The van der Waals surface area contributed by atoms with E-state index >= 15 is 0 Å². The van der Waals surface area contributed by atoms with Gasteiger partial charge in [-0.2, -0.15) is 0 Å². The number of carbonyl (C=O) groups excluding carboxylic acids is 1. The molecule has 1 saturated carbocycles. The topological polar surface area (TPSA) is 81.1 Å². The smallest absolute Gasteiger partial charge is 0.250 e. The summed E-state index contributed by atoms with van der Waals surface area (Å²) in [4.78, 5) is 11.3. The summed E-state index contributed by atoms with van der Waals surface area (Å²) in [6, 6.07) is 5.15. The first-order chi connectivity index (χ1) is 8.66. The van der Waals surface area contributed by atoms with Gasteiger partial charge in [0.15, 0.2) is 0 Å². The Balaban J connectivity index is 1.94. The third kappa shape index (κ3) is 3.15. The van der Waals surface area contributed by atoms with E-state index in [1.54, 1.807) is 18.2 Å². The van der Waals surface area contributed by atoms with Crippen molar-refractivity contribution in [3.63, 3.8) is 0 Å². The number of anilines is 2. The molecule has 4 heteroatoms. The molecule has 0 unspecified atom stereocenters. The minimum atomic E-state index is -0.418. The van der Waals surface area contributed by atoms with E-state index in [4.69, 9.17) is 11.5 Å². The quantitative estimate of drug-likeness (QED) is 0.699. The van der Waals surface area contributed by atoms with Crippen molar-refractivity contribution in [2.45, 2.75) is 32.1 Å². The highest BCUT2D eigenvalue weighted by molar-refractivity contribution is 5.99. The van der Waals surface area contributed by atoms with Crippen molar-refractivity contribution >= 4 is 17.3 Å². The van der Waals surface area contributed by atoms with Gasteiger partial charge in [0, 0.05) is 17.9 Å². The SMILES string of the molecule is NC(=O)c1ccc(N)cc1NCCC1CCCC1. The number of nitrogens with two attached hydrogens (primary N) is 2. The zero-order valence-corrected chi connectivity index (χ0v) is 10.6. The standard InChI is InChI=1S/C14H21N3O/c15-11-5-6-12(14(16)18)13(9-11)17-8-7-10-3-1-2-4-10/h5-6,9-10,17H,1-4,7-8,15H2,(H2,16,18). The number of amides is 1. The molecule has 1 aromatic carbocycles. The lowest BCUT2D eigenvalue weighted by molar-refractivity contribution is 0.100. The van der Waals surface area contributed by atoms with E-state index in [1.807, 2.05) is 0 Å². The summed E-state index contributed by atoms with van der Waals surface area (Å²) in [6.07, 6.45) is 6.53. The van der Waals surface area contributed by atoms with E-state index < -0.39 is 5.91 Å². The molecule has 0 heterocycles. The molecule has 0 aromatic heterocycles. The van der Waals surface area contributed by atoms with Gasteiger partial charge in [0.1, 0.15) is 0 Å². The van der Waals surface area contributed by atoms with Crippen molar-refractivity contribution in [3.8, 4) is 0 Å². The Morgan fingerprint density at radius 3 is 2.72 bits per heavy atom. The molecule has 0 radical (unpaired) electrons. The Hall–Kier alpha value is -1.71. The summed E-state index contributed by atoms with van der Waals surface area (Å²) >= 11 is 0. The maximum Gasteiger partial charge on any atom is 0.250 e. The van der Waals surface area contributed by atoms with Gasteiger partial charge >= 0.3 is 0 Å². The Morgan fingerprint density at radius 1 is 1.33 bits per heavy atom. The van der Waals surface area contributed by atoms with Crippen LogP contribution in [0.1, 0.15) is 42.5 Å². The van der Waals surface area contributed by atoms with Gasteiger partial charge in [0.2, 0.25) is 0 Å². The minimum absolute atomic E-state index is 0.418. The molecule has 4 nitrogen and oxygen atoms in total. The average molecular weight is 247 g/mol. The fourth-order valence-corrected chi connectivity index (χ4v) is 2.63. The molecule has 5 N–H and O–H groups in total. The van der Waals surface area contributed by atoms with Crippen molar-refractivity contribution in [1.82, 2.24) is 0 Å². The number of carbonyl (C=O) groups is 1. The normalized spacial score (nSPS) is 15.8. The van der Waals surface area contributed by atoms with Gasteiger partial charge < -0.3 is 16.8 Å². The first kappa shape index (κ1) is 12.7. The second kappa shape index (κ2) is 5.76. The van der Waals surface area contributed by atoms with Crippen molar-refractivity contribution in [1.29, 1.82) is 0 Å². The molecular weight excluding hydrogens is 226 g/mol. The lowest BCUT2D eigenvalue weighted by Crippen LogP contribution is -2.16. The Labute approximate surface area is 108 Å². The van der Waals surface area contributed by atoms with Crippen LogP contribution in [0.25, 0.3) is 0 Å². The van der Waals surface area contributed by atoms with E-state index in [-0.39, 0.29) is 0 Å². The van der Waals surface area contributed by atoms with E-state index in [0.717, 1.165) is 24.6 Å². The van der Waals surface area contributed by atoms with Gasteiger partial charge in [0.25, 0.3) is 5.91 Å². The molecule has 18 heavy (non-hydrogen) atoms. The van der Waals surface area contributed by atoms with Gasteiger partial charge in [-0.1, -0.05) is 25.7 Å². The zero-order chi connectivity index (χ0) is 13.0. The first-order valence-electron chi connectivity index (χ1n) is 6.60. The van der Waals surface area contributed by atoms with Crippen LogP contribution in [0.5, 0.6) is 0 Å². The highest BCUT2D eigenvalue weighted by Gasteiger charge is 2.15. The number of hydrogen-bond acceptors (Lipinski definition) is 3. The summed E-state index contributed by atoms with van der Waals surface area (Å²) in [6.45, 7) is 0.869. The second-order valence-corrected chi connectivity index (χ2v) is 5.04. The molecule has 1 fully saturated rings. The number of hydrogen-bond donors (Lipinski definition) is 3. The van der Waals surface area contributed by atoms with E-state index in [9.17, 15) is 4.79 Å². The third-order valence-corrected chi connectivity index (χ3v) is 3.65. The predicted molar refractivity (Wildman–Crippen MR) is 74.4 cm³/mol. The number of nitrogen functional groups attached to an aromatic ring is 1. The summed E-state index contributed by atoms with van der Waals surface area (Å²) < 4.78 is 0. The van der Waals surface area contributed by atoms with Crippen molar-refractivity contribution in [3.05, 3.63) is 23.8 Å². The molecule has 0 spiro atoms. The molecule has 2 rings (SSSR count). The molecule has 0 aliphatic heterocycles. The van der Waals surface area contributed by atoms with Crippen LogP contribution >= 0.6 is 0 Å². The maximum atomic E-state index is 11.3. The van der Waals surface area contributed by atoms with Gasteiger partial charge in [0.05, 0.1) is 5.56 Å². The fourth-order valence-electron chi connectivity index (χ4n) is 2.63. The van der Waals surface area contributed by atoms with Crippen LogP contribution in [0.3, 0.4) is 0 Å². The average Bonchev–Trinajstić information content (AvgIpc) is 2.82. The molecule has 98 valence electrons. The number of primary amides is 1. The Morgan fingerprint density at radius 2 is 2.06 bits per heavy atom. The lowest BCUT2D eigenvalue weighted by Gasteiger charge is -2.13. The molecular formula is C14H21N3O. The van der Waals surface area contributed by atoms with Crippen LogP contribution < -0.4 is 16.8 Å². The van der Waals surface area contributed by atoms with Gasteiger partial charge in [-0.25, -0.2) is 0 Å². The summed E-state index contributed by atoms with van der Waals surface area (Å²) in [5.74, 6) is 0.411. The van der Waals surface area contributed by atoms with Crippen LogP contribution in [0.15, 0.2) is 18.2 Å². The Bertz CT molecular complexity index is 425. The van der Waals surface area contributed by atoms with Gasteiger partial charge in [-0.15, -0.1) is 0 Å². The lowest BCUT2D eigenvalue weighted by atomic mass is 10.0. The van der Waals surface area contributed by atoms with Crippen LogP contribution in [0.2, 0.25) is 0 Å². The van der Waals surface area contributed by atoms with Crippen molar-refractivity contribution in [2.24, 2.45) is 11.7 Å². The monoisotopic (exact) mass is 247 g/mol. The van der Waals surface area contributed by atoms with Crippen molar-refractivity contribution in [2.75, 3.05) is 17.6 Å².